The van der Waals surface area contributed by atoms with Gasteiger partial charge in [-0.05, 0) is 30.2 Å². The van der Waals surface area contributed by atoms with Crippen molar-refractivity contribution < 1.29 is 4.42 Å². The molecule has 1 aromatic heterocycles. The molecule has 3 heteroatoms. The zero-order valence-electron chi connectivity index (χ0n) is 10.3. The Kier molecular flexibility index (Phi) is 3.40. The van der Waals surface area contributed by atoms with Gasteiger partial charge in [-0.15, -0.1) is 0 Å². The normalized spacial score (nSPS) is 12.7. The monoisotopic (exact) mass is 315 g/mol. The Bertz CT molecular complexity index is 705. The van der Waals surface area contributed by atoms with E-state index in [-0.39, 0.29) is 6.04 Å². The molecule has 0 spiro atoms. The van der Waals surface area contributed by atoms with Gasteiger partial charge in [-0.1, -0.05) is 46.3 Å². The largest absolute Gasteiger partial charge is 0.464 e. The van der Waals surface area contributed by atoms with Crippen LogP contribution in [0.3, 0.4) is 0 Å². The number of fused-ring (bicyclic) bond motifs is 1. The summed E-state index contributed by atoms with van der Waals surface area (Å²) in [5.74, 6) is 0. The molecular weight excluding hydrogens is 302 g/mol. The van der Waals surface area contributed by atoms with Gasteiger partial charge in [-0.25, -0.2) is 0 Å². The highest BCUT2D eigenvalue weighted by Crippen LogP contribution is 2.27. The maximum atomic E-state index is 6.31. The Balaban J connectivity index is 1.90. The van der Waals surface area contributed by atoms with Crippen molar-refractivity contribution in [1.82, 2.24) is 0 Å². The average molecular weight is 316 g/mol. The van der Waals surface area contributed by atoms with Gasteiger partial charge >= 0.3 is 0 Å². The summed E-state index contributed by atoms with van der Waals surface area (Å²) in [5, 5.41) is 1.10. The van der Waals surface area contributed by atoms with E-state index >= 15 is 0 Å². The molecule has 0 bridgehead atoms. The molecule has 0 saturated carbocycles. The van der Waals surface area contributed by atoms with Crippen molar-refractivity contribution in [2.75, 3.05) is 0 Å². The van der Waals surface area contributed by atoms with Crippen molar-refractivity contribution in [3.63, 3.8) is 0 Å². The first kappa shape index (κ1) is 12.5. The van der Waals surface area contributed by atoms with E-state index in [4.69, 9.17) is 10.2 Å². The Morgan fingerprint density at radius 1 is 1.11 bits per heavy atom. The smallest absolute Gasteiger partial charge is 0.134 e. The molecular formula is C16H14BrNO. The van der Waals surface area contributed by atoms with Crippen LogP contribution in [0.5, 0.6) is 0 Å². The summed E-state index contributed by atoms with van der Waals surface area (Å²) in [6.45, 7) is 0. The SMILES string of the molecule is NC(Cc1cccc(Br)c1)c1coc2ccccc12. The lowest BCUT2D eigenvalue weighted by Crippen LogP contribution is -2.12. The van der Waals surface area contributed by atoms with E-state index in [0.717, 1.165) is 27.4 Å². The number of furan rings is 1. The van der Waals surface area contributed by atoms with Gasteiger partial charge in [0.2, 0.25) is 0 Å². The standard InChI is InChI=1S/C16H14BrNO/c17-12-5-3-4-11(8-12)9-15(18)14-10-19-16-7-2-1-6-13(14)16/h1-8,10,15H,9,18H2. The van der Waals surface area contributed by atoms with Gasteiger partial charge in [0.15, 0.2) is 0 Å². The molecule has 0 aliphatic carbocycles. The van der Waals surface area contributed by atoms with Crippen LogP contribution < -0.4 is 5.73 Å². The zero-order valence-corrected chi connectivity index (χ0v) is 11.9. The lowest BCUT2D eigenvalue weighted by molar-refractivity contribution is 0.599. The number of hydrogen-bond donors (Lipinski definition) is 1. The first-order chi connectivity index (χ1) is 9.24. The van der Waals surface area contributed by atoms with Crippen molar-refractivity contribution in [2.24, 2.45) is 5.73 Å². The highest BCUT2D eigenvalue weighted by Gasteiger charge is 2.13. The van der Waals surface area contributed by atoms with Gasteiger partial charge in [0.1, 0.15) is 5.58 Å². The Hall–Kier alpha value is -1.58. The van der Waals surface area contributed by atoms with Crippen LogP contribution in [0, 0.1) is 0 Å². The third kappa shape index (κ3) is 2.57. The van der Waals surface area contributed by atoms with Crippen LogP contribution in [0.15, 0.2) is 63.7 Å². The topological polar surface area (TPSA) is 39.2 Å². The highest BCUT2D eigenvalue weighted by atomic mass is 79.9. The van der Waals surface area contributed by atoms with Gasteiger partial charge in [-0.2, -0.15) is 0 Å². The minimum absolute atomic E-state index is 0.0575. The van der Waals surface area contributed by atoms with Gasteiger partial charge in [-0.3, -0.25) is 0 Å². The molecule has 0 aliphatic rings. The Morgan fingerprint density at radius 2 is 1.95 bits per heavy atom. The van der Waals surface area contributed by atoms with Crippen LogP contribution in [0.2, 0.25) is 0 Å². The fourth-order valence-electron chi connectivity index (χ4n) is 2.31. The van der Waals surface area contributed by atoms with Gasteiger partial charge in [0.25, 0.3) is 0 Å². The summed E-state index contributed by atoms with van der Waals surface area (Å²) < 4.78 is 6.62. The van der Waals surface area contributed by atoms with Crippen molar-refractivity contribution in [3.8, 4) is 0 Å². The second kappa shape index (κ2) is 5.19. The summed E-state index contributed by atoms with van der Waals surface area (Å²) >= 11 is 3.48. The van der Waals surface area contributed by atoms with Crippen molar-refractivity contribution >= 4 is 26.9 Å². The quantitative estimate of drug-likeness (QED) is 0.776. The molecule has 0 aliphatic heterocycles. The molecule has 2 nitrogen and oxygen atoms in total. The van der Waals surface area contributed by atoms with Gasteiger partial charge < -0.3 is 10.2 Å². The highest BCUT2D eigenvalue weighted by molar-refractivity contribution is 9.10. The minimum Gasteiger partial charge on any atom is -0.464 e. The lowest BCUT2D eigenvalue weighted by Gasteiger charge is -2.10. The first-order valence-corrected chi connectivity index (χ1v) is 6.99. The van der Waals surface area contributed by atoms with Crippen LogP contribution in [-0.4, -0.2) is 0 Å². The number of benzene rings is 2. The molecule has 1 unspecified atom stereocenters. The number of rotatable bonds is 3. The molecule has 2 N–H and O–H groups in total. The molecule has 96 valence electrons. The molecule has 2 aromatic carbocycles. The Morgan fingerprint density at radius 3 is 2.79 bits per heavy atom. The fraction of sp³-hybridized carbons (Fsp3) is 0.125. The summed E-state index contributed by atoms with van der Waals surface area (Å²) in [4.78, 5) is 0. The molecule has 19 heavy (non-hydrogen) atoms. The van der Waals surface area contributed by atoms with Crippen LogP contribution in [0.4, 0.5) is 0 Å². The number of nitrogens with two attached hydrogens (primary N) is 1. The van der Waals surface area contributed by atoms with Crippen LogP contribution in [-0.2, 0) is 6.42 Å². The minimum atomic E-state index is -0.0575. The van der Waals surface area contributed by atoms with E-state index in [1.807, 2.05) is 30.3 Å². The lowest BCUT2D eigenvalue weighted by atomic mass is 9.99. The first-order valence-electron chi connectivity index (χ1n) is 6.20. The molecule has 0 saturated heterocycles. The third-order valence-corrected chi connectivity index (χ3v) is 3.75. The zero-order chi connectivity index (χ0) is 13.2. The number of halogens is 1. The van der Waals surface area contributed by atoms with Gasteiger partial charge in [0.05, 0.1) is 6.26 Å². The summed E-state index contributed by atoms with van der Waals surface area (Å²) in [7, 11) is 0. The van der Waals surface area contributed by atoms with Crippen LogP contribution in [0.25, 0.3) is 11.0 Å². The van der Waals surface area contributed by atoms with E-state index in [1.54, 1.807) is 6.26 Å². The predicted octanol–water partition coefficient (Wildman–Crippen LogP) is 4.44. The van der Waals surface area contributed by atoms with Crippen LogP contribution >= 0.6 is 15.9 Å². The molecule has 3 rings (SSSR count). The summed E-state index contributed by atoms with van der Waals surface area (Å²) in [5.41, 5.74) is 9.48. The van der Waals surface area contributed by atoms with Crippen molar-refractivity contribution in [1.29, 1.82) is 0 Å². The van der Waals surface area contributed by atoms with Gasteiger partial charge in [0, 0.05) is 21.5 Å². The number of para-hydroxylation sites is 1. The fourth-order valence-corrected chi connectivity index (χ4v) is 2.76. The predicted molar refractivity (Wildman–Crippen MR) is 81.0 cm³/mol. The second-order valence-corrected chi connectivity index (χ2v) is 5.54. The molecule has 0 fully saturated rings. The second-order valence-electron chi connectivity index (χ2n) is 4.63. The summed E-state index contributed by atoms with van der Waals surface area (Å²) in [6.07, 6.45) is 2.57. The molecule has 0 amide bonds. The van der Waals surface area contributed by atoms with Crippen molar-refractivity contribution in [2.45, 2.75) is 12.5 Å². The van der Waals surface area contributed by atoms with E-state index < -0.39 is 0 Å². The maximum Gasteiger partial charge on any atom is 0.134 e. The number of hydrogen-bond acceptors (Lipinski definition) is 2. The van der Waals surface area contributed by atoms with Crippen molar-refractivity contribution in [3.05, 3.63) is 70.4 Å². The molecule has 3 aromatic rings. The maximum absolute atomic E-state index is 6.31. The molecule has 1 atom stereocenters. The average Bonchev–Trinajstić information content (AvgIpc) is 2.82. The third-order valence-electron chi connectivity index (χ3n) is 3.26. The Labute approximate surface area is 120 Å². The molecule has 0 radical (unpaired) electrons. The van der Waals surface area contributed by atoms with Crippen LogP contribution in [0.1, 0.15) is 17.2 Å². The van der Waals surface area contributed by atoms with E-state index in [2.05, 4.69) is 34.1 Å². The van der Waals surface area contributed by atoms with E-state index in [1.165, 1.54) is 5.56 Å². The van der Waals surface area contributed by atoms with E-state index in [0.29, 0.717) is 0 Å². The van der Waals surface area contributed by atoms with E-state index in [9.17, 15) is 0 Å². The summed E-state index contributed by atoms with van der Waals surface area (Å²) in [6, 6.07) is 16.2. The molecule has 1 heterocycles.